The maximum Gasteiger partial charge on any atom is 0.361 e. The fraction of sp³-hybridized carbons (Fsp3) is 0.554. The topological polar surface area (TPSA) is 108 Å². The normalized spacial score (nSPS) is 14.0. The molecule has 564 valence electrons. The zero-order valence-electron chi connectivity index (χ0n) is 64.5. The van der Waals surface area contributed by atoms with Crippen LogP contribution in [0.3, 0.4) is 0 Å². The molecule has 0 aromatic heterocycles. The van der Waals surface area contributed by atoms with E-state index >= 15 is 0 Å². The van der Waals surface area contributed by atoms with Crippen LogP contribution in [0, 0.1) is 0 Å². The Hall–Kier alpha value is -6.65. The van der Waals surface area contributed by atoms with Gasteiger partial charge in [0.1, 0.15) is 13.2 Å². The Kier molecular flexibility index (Phi) is 73.9. The van der Waals surface area contributed by atoms with Crippen molar-refractivity contribution >= 4 is 17.9 Å². The number of ether oxygens (including phenoxy) is 4. The van der Waals surface area contributed by atoms with Crippen LogP contribution in [0.4, 0.5) is 0 Å². The van der Waals surface area contributed by atoms with E-state index < -0.39 is 24.3 Å². The van der Waals surface area contributed by atoms with Gasteiger partial charge in [0, 0.05) is 12.8 Å². The number of allylic oxidation sites excluding steroid dienone is 38. The Bertz CT molecular complexity index is 2520. The van der Waals surface area contributed by atoms with E-state index in [4.69, 9.17) is 18.9 Å². The van der Waals surface area contributed by atoms with E-state index in [0.29, 0.717) is 17.4 Å². The molecule has 9 nitrogen and oxygen atoms in total. The van der Waals surface area contributed by atoms with Gasteiger partial charge in [0.25, 0.3) is 6.29 Å². The average molecular weight is 1390 g/mol. The molecule has 0 aromatic carbocycles. The van der Waals surface area contributed by atoms with E-state index in [1.807, 2.05) is 21.1 Å². The number of esters is 2. The van der Waals surface area contributed by atoms with Crippen LogP contribution in [0.5, 0.6) is 0 Å². The van der Waals surface area contributed by atoms with Crippen LogP contribution >= 0.6 is 0 Å². The molecular formula is C92H144NO8+. The number of nitrogens with zero attached hydrogens (tertiary/aromatic N) is 1. The number of quaternary nitrogens is 1. The highest BCUT2D eigenvalue weighted by Gasteiger charge is 2.25. The van der Waals surface area contributed by atoms with E-state index in [0.717, 1.165) is 167 Å². The fourth-order valence-corrected chi connectivity index (χ4v) is 9.98. The van der Waals surface area contributed by atoms with Crippen LogP contribution in [0.1, 0.15) is 271 Å². The lowest BCUT2D eigenvalue weighted by Gasteiger charge is -2.25. The molecule has 101 heavy (non-hydrogen) atoms. The molecule has 2 atom stereocenters. The van der Waals surface area contributed by atoms with Crippen molar-refractivity contribution < 1.29 is 42.9 Å². The number of likely N-dealkylation sites (N-methyl/N-ethyl adjacent to an activating group) is 1. The molecule has 0 aliphatic rings. The number of hydrogen-bond donors (Lipinski definition) is 1. The summed E-state index contributed by atoms with van der Waals surface area (Å²) in [5, 5.41) is 9.77. The van der Waals surface area contributed by atoms with Gasteiger partial charge in [-0.1, -0.05) is 328 Å². The Balaban J connectivity index is 4.19. The van der Waals surface area contributed by atoms with Crippen molar-refractivity contribution in [2.45, 2.75) is 283 Å². The van der Waals surface area contributed by atoms with Crippen molar-refractivity contribution in [2.24, 2.45) is 0 Å². The molecule has 0 radical (unpaired) electrons. The van der Waals surface area contributed by atoms with Crippen molar-refractivity contribution in [2.75, 3.05) is 47.5 Å². The molecule has 0 aliphatic carbocycles. The first-order valence-electron chi connectivity index (χ1n) is 39.5. The third-order valence-corrected chi connectivity index (χ3v) is 15.9. The molecule has 0 bridgehead atoms. The second-order valence-electron chi connectivity index (χ2n) is 26.6. The molecule has 0 amide bonds. The summed E-state index contributed by atoms with van der Waals surface area (Å²) >= 11 is 0. The number of carboxylic acid groups (broad SMARTS) is 1. The van der Waals surface area contributed by atoms with Gasteiger partial charge in [-0.2, -0.15) is 0 Å². The van der Waals surface area contributed by atoms with Crippen molar-refractivity contribution in [1.82, 2.24) is 0 Å². The molecule has 0 aromatic rings. The Morgan fingerprint density at radius 1 is 0.297 bits per heavy atom. The predicted molar refractivity (Wildman–Crippen MR) is 437 cm³/mol. The van der Waals surface area contributed by atoms with Crippen molar-refractivity contribution in [3.8, 4) is 0 Å². The lowest BCUT2D eigenvalue weighted by molar-refractivity contribution is -0.870. The van der Waals surface area contributed by atoms with Gasteiger partial charge in [-0.05, 0) is 161 Å². The van der Waals surface area contributed by atoms with E-state index in [2.05, 4.69) is 245 Å². The Morgan fingerprint density at radius 2 is 0.535 bits per heavy atom. The van der Waals surface area contributed by atoms with Gasteiger partial charge in [0.15, 0.2) is 6.10 Å². The van der Waals surface area contributed by atoms with Crippen LogP contribution in [-0.4, -0.2) is 87.4 Å². The van der Waals surface area contributed by atoms with Gasteiger partial charge < -0.3 is 28.5 Å². The average Bonchev–Trinajstić information content (AvgIpc) is 1.25. The molecule has 1 N–H and O–H groups in total. The standard InChI is InChI=1S/C92H143NO8/c1-6-8-10-12-14-16-18-20-22-24-26-28-30-32-34-36-38-40-42-43-44-45-46-47-49-50-52-54-56-58-60-62-64-66-68-70-72-74-76-78-80-82-89(94)99-86-88(87-100-92(91(96)97)98-85-84-93(3,4)5)101-90(95)83-81-79-77-75-73-71-69-67-65-63-61-59-57-55-53-51-48-41-39-37-35-33-31-29-27-25-23-21-19-17-15-13-11-9-7-2/h8-11,14-17,20-23,26-29,32-35,38-41,43-44,46-47,50-53,57,59,63,65,69,71,88,92H,6-7,12-13,18-19,24-25,30-31,36-37,42,45,48-49,54-56,58,60-62,64,66-68,70,72-87H2,1-5H3/p+1/b10-8-,11-9-,16-14-,17-15-,22-20-,23-21-,28-26-,29-27-,34-32-,35-33-,40-38-,41-39-,44-43-,47-46-,52-50-,53-51-,59-57-,65-63-,71-69-. The number of hydrogen-bond acceptors (Lipinski definition) is 7. The quantitative estimate of drug-likeness (QED) is 0.0211. The van der Waals surface area contributed by atoms with Gasteiger partial charge in [-0.15, -0.1) is 0 Å². The first-order valence-corrected chi connectivity index (χ1v) is 39.5. The molecule has 0 spiro atoms. The predicted octanol–water partition coefficient (Wildman–Crippen LogP) is 25.8. The van der Waals surface area contributed by atoms with Crippen LogP contribution in [-0.2, 0) is 33.3 Å². The fourth-order valence-electron chi connectivity index (χ4n) is 9.98. The first kappa shape index (κ1) is 94.4. The molecule has 0 aliphatic heterocycles. The van der Waals surface area contributed by atoms with E-state index in [1.54, 1.807) is 0 Å². The van der Waals surface area contributed by atoms with Crippen LogP contribution in [0.15, 0.2) is 231 Å². The van der Waals surface area contributed by atoms with Gasteiger partial charge in [-0.3, -0.25) is 9.59 Å². The van der Waals surface area contributed by atoms with Crippen LogP contribution in [0.2, 0.25) is 0 Å². The zero-order valence-corrected chi connectivity index (χ0v) is 64.5. The third kappa shape index (κ3) is 80.5. The van der Waals surface area contributed by atoms with E-state index in [-0.39, 0.29) is 38.6 Å². The number of aliphatic carboxylic acids is 1. The monoisotopic (exact) mass is 1390 g/mol. The van der Waals surface area contributed by atoms with Crippen LogP contribution < -0.4 is 0 Å². The molecule has 0 fully saturated rings. The summed E-state index contributed by atoms with van der Waals surface area (Å²) < 4.78 is 23.0. The van der Waals surface area contributed by atoms with Crippen LogP contribution in [0.25, 0.3) is 0 Å². The Labute approximate surface area is 619 Å². The SMILES string of the molecule is CC/C=C\C/C=C\C/C=C\C/C=C\C/C=C\C/C=C\C/C=C\C/C=C\C/C=C\C/C=C\CCCCCCC(=O)OC(COC(=O)CCCCCCCCCCCCCCC/C=C\C/C=C\C/C=C\C/C=C\C/C=C\C/C=C\C/C=C\C/C=C\C/C=C\CC)COC(OCC[N+](C)(C)C)C(=O)O. The lowest BCUT2D eigenvalue weighted by atomic mass is 10.0. The highest BCUT2D eigenvalue weighted by atomic mass is 16.7. The van der Waals surface area contributed by atoms with E-state index in [9.17, 15) is 19.5 Å². The number of rotatable bonds is 70. The molecule has 0 heterocycles. The summed E-state index contributed by atoms with van der Waals surface area (Å²) in [5.74, 6) is -2.06. The maximum atomic E-state index is 13.0. The third-order valence-electron chi connectivity index (χ3n) is 15.9. The highest BCUT2D eigenvalue weighted by molar-refractivity contribution is 5.71. The lowest BCUT2D eigenvalue weighted by Crippen LogP contribution is -2.40. The number of carbonyl (C=O) groups excluding carboxylic acids is 2. The second kappa shape index (κ2) is 79.1. The van der Waals surface area contributed by atoms with Gasteiger partial charge in [0.2, 0.25) is 0 Å². The summed E-state index contributed by atoms with van der Waals surface area (Å²) in [4.78, 5) is 37.7. The summed E-state index contributed by atoms with van der Waals surface area (Å²) in [5.41, 5.74) is 0. The summed E-state index contributed by atoms with van der Waals surface area (Å²) in [6, 6.07) is 0. The summed E-state index contributed by atoms with van der Waals surface area (Å²) in [7, 11) is 5.96. The maximum absolute atomic E-state index is 13.0. The van der Waals surface area contributed by atoms with Crippen molar-refractivity contribution in [3.63, 3.8) is 0 Å². The summed E-state index contributed by atoms with van der Waals surface area (Å²) in [6.07, 6.45) is 123. The smallest absolute Gasteiger partial charge is 0.361 e. The molecule has 9 heteroatoms. The van der Waals surface area contributed by atoms with Crippen molar-refractivity contribution in [1.29, 1.82) is 0 Å². The summed E-state index contributed by atoms with van der Waals surface area (Å²) in [6.45, 7) is 4.59. The molecular weight excluding hydrogens is 1250 g/mol. The minimum absolute atomic E-state index is 0.170. The molecule has 2 unspecified atom stereocenters. The highest BCUT2D eigenvalue weighted by Crippen LogP contribution is 2.16. The minimum atomic E-state index is -1.53. The number of carboxylic acids is 1. The zero-order chi connectivity index (χ0) is 73.2. The van der Waals surface area contributed by atoms with Gasteiger partial charge in [-0.25, -0.2) is 4.79 Å². The number of unbranched alkanes of at least 4 members (excludes halogenated alkanes) is 17. The number of carbonyl (C=O) groups is 3. The minimum Gasteiger partial charge on any atom is -0.477 e. The molecule has 0 saturated heterocycles. The second-order valence-corrected chi connectivity index (χ2v) is 26.6. The molecule has 0 saturated carbocycles. The van der Waals surface area contributed by atoms with E-state index in [1.165, 1.54) is 70.6 Å². The van der Waals surface area contributed by atoms with Crippen molar-refractivity contribution in [3.05, 3.63) is 231 Å². The Morgan fingerprint density at radius 3 is 0.792 bits per heavy atom. The van der Waals surface area contributed by atoms with Gasteiger partial charge in [0.05, 0.1) is 34.4 Å². The first-order chi connectivity index (χ1) is 49.6. The largest absolute Gasteiger partial charge is 0.477 e. The molecule has 0 rings (SSSR count). The van der Waals surface area contributed by atoms with Gasteiger partial charge >= 0.3 is 17.9 Å².